The third kappa shape index (κ3) is 3.75. The van der Waals surface area contributed by atoms with Crippen LogP contribution in [0.1, 0.15) is 23.1 Å². The van der Waals surface area contributed by atoms with Crippen LogP contribution in [-0.2, 0) is 11.3 Å². The topological polar surface area (TPSA) is 58.6 Å². The average molecular weight is 237 g/mol. The summed E-state index contributed by atoms with van der Waals surface area (Å²) >= 11 is 0. The Hall–Kier alpha value is -1.55. The normalized spacial score (nSPS) is 10.1. The fourth-order valence-corrected chi connectivity index (χ4v) is 1.74. The summed E-state index contributed by atoms with van der Waals surface area (Å²) < 4.78 is 5.30. The van der Waals surface area contributed by atoms with E-state index in [0.29, 0.717) is 6.54 Å². The molecule has 17 heavy (non-hydrogen) atoms. The molecule has 1 rings (SSSR count). The number of nitrogens with one attached hydrogen (secondary N) is 1. The van der Waals surface area contributed by atoms with Gasteiger partial charge in [0.1, 0.15) is 5.75 Å². The summed E-state index contributed by atoms with van der Waals surface area (Å²) in [6.45, 7) is 4.29. The van der Waals surface area contributed by atoms with Crippen molar-refractivity contribution in [3.63, 3.8) is 0 Å². The summed E-state index contributed by atoms with van der Waals surface area (Å²) in [6, 6.07) is 4.00. The zero-order valence-electron chi connectivity index (χ0n) is 10.5. The number of carbonyl (C=O) groups excluding carboxylic acids is 1. The van der Waals surface area contributed by atoms with Crippen LogP contribution in [0.5, 0.6) is 5.75 Å². The van der Waals surface area contributed by atoms with E-state index in [9.17, 15) is 4.79 Å². The summed E-state index contributed by atoms with van der Waals surface area (Å²) in [7, 11) is 1.62. The zero-order valence-corrected chi connectivity index (χ0v) is 10.5. The lowest BCUT2D eigenvalue weighted by Gasteiger charge is -2.13. The van der Waals surface area contributed by atoms with Gasteiger partial charge in [-0.3, -0.25) is 4.79 Å². The van der Waals surface area contributed by atoms with Crippen molar-refractivity contribution in [2.75, 3.05) is 13.7 Å². The van der Waals surface area contributed by atoms with E-state index in [1.807, 2.05) is 19.9 Å². The third-order valence-corrected chi connectivity index (χ3v) is 2.60. The van der Waals surface area contributed by atoms with Crippen LogP contribution in [0.3, 0.4) is 0 Å². The summed E-state index contributed by atoms with van der Waals surface area (Å²) in [5.41, 5.74) is 3.19. The third-order valence-electron chi connectivity index (χ3n) is 2.60. The molecule has 4 heteroatoms. The minimum Gasteiger partial charge on any atom is -0.496 e. The molecule has 0 aliphatic carbocycles. The molecule has 0 heterocycles. The van der Waals surface area contributed by atoms with E-state index in [1.165, 1.54) is 0 Å². The quantitative estimate of drug-likeness (QED) is 0.811. The van der Waals surface area contributed by atoms with Crippen LogP contribution in [-0.4, -0.2) is 24.7 Å². The average Bonchev–Trinajstić information content (AvgIpc) is 2.27. The lowest BCUT2D eigenvalue weighted by molar-refractivity contribution is -0.121. The predicted octanol–water partition coefficient (Wildman–Crippen LogP) is 1.31. The molecule has 0 bridgehead atoms. The second-order valence-electron chi connectivity index (χ2n) is 4.01. The van der Waals surface area contributed by atoms with Crippen molar-refractivity contribution < 1.29 is 14.6 Å². The van der Waals surface area contributed by atoms with Gasteiger partial charge in [-0.2, -0.15) is 0 Å². The SMILES string of the molecule is COc1cc(C)cc(C)c1CNC(=O)CCO. The molecular weight excluding hydrogens is 218 g/mol. The van der Waals surface area contributed by atoms with Crippen LogP contribution < -0.4 is 10.1 Å². The molecule has 1 aromatic rings. The van der Waals surface area contributed by atoms with Gasteiger partial charge in [-0.15, -0.1) is 0 Å². The Morgan fingerprint density at radius 3 is 2.71 bits per heavy atom. The van der Waals surface area contributed by atoms with E-state index in [4.69, 9.17) is 9.84 Å². The largest absolute Gasteiger partial charge is 0.496 e. The number of hydrogen-bond donors (Lipinski definition) is 2. The van der Waals surface area contributed by atoms with Crippen molar-refractivity contribution in [2.24, 2.45) is 0 Å². The predicted molar refractivity (Wildman–Crippen MR) is 66.0 cm³/mol. The van der Waals surface area contributed by atoms with Gasteiger partial charge in [0.15, 0.2) is 0 Å². The first-order chi connectivity index (χ1) is 8.08. The van der Waals surface area contributed by atoms with Crippen molar-refractivity contribution in [3.8, 4) is 5.75 Å². The zero-order chi connectivity index (χ0) is 12.8. The molecule has 0 aliphatic rings. The number of methoxy groups -OCH3 is 1. The highest BCUT2D eigenvalue weighted by Gasteiger charge is 2.09. The lowest BCUT2D eigenvalue weighted by atomic mass is 10.0. The molecule has 2 N–H and O–H groups in total. The Kier molecular flexibility index (Phi) is 4.97. The van der Waals surface area contributed by atoms with E-state index < -0.39 is 0 Å². The maximum absolute atomic E-state index is 11.3. The molecule has 0 aromatic heterocycles. The molecule has 4 nitrogen and oxygen atoms in total. The molecule has 0 atom stereocenters. The van der Waals surface area contributed by atoms with Crippen molar-refractivity contribution in [1.29, 1.82) is 0 Å². The monoisotopic (exact) mass is 237 g/mol. The minimum absolute atomic E-state index is 0.129. The lowest BCUT2D eigenvalue weighted by Crippen LogP contribution is -2.24. The number of ether oxygens (including phenoxy) is 1. The Labute approximate surface area is 102 Å². The number of amides is 1. The molecular formula is C13H19NO3. The first-order valence-corrected chi connectivity index (χ1v) is 5.60. The first kappa shape index (κ1) is 13.5. The van der Waals surface area contributed by atoms with Gasteiger partial charge in [0.25, 0.3) is 0 Å². The molecule has 0 spiro atoms. The standard InChI is InChI=1S/C13H19NO3/c1-9-6-10(2)11(12(7-9)17-3)8-14-13(16)4-5-15/h6-7,15H,4-5,8H2,1-3H3,(H,14,16). The number of rotatable bonds is 5. The molecule has 0 saturated heterocycles. The van der Waals surface area contributed by atoms with E-state index >= 15 is 0 Å². The molecule has 1 aromatic carbocycles. The van der Waals surface area contributed by atoms with Gasteiger partial charge in [-0.05, 0) is 31.0 Å². The highest BCUT2D eigenvalue weighted by Crippen LogP contribution is 2.23. The second kappa shape index (κ2) is 6.25. The molecule has 0 fully saturated rings. The van der Waals surface area contributed by atoms with E-state index in [2.05, 4.69) is 11.4 Å². The number of aliphatic hydroxyl groups is 1. The summed E-state index contributed by atoms with van der Waals surface area (Å²) in [5, 5.41) is 11.4. The molecule has 1 amide bonds. The van der Waals surface area contributed by atoms with Gasteiger partial charge in [0.05, 0.1) is 13.7 Å². The minimum atomic E-state index is -0.158. The molecule has 0 unspecified atom stereocenters. The fraction of sp³-hybridized carbons (Fsp3) is 0.462. The van der Waals surface area contributed by atoms with Gasteiger partial charge in [0.2, 0.25) is 5.91 Å². The van der Waals surface area contributed by atoms with Crippen molar-refractivity contribution in [1.82, 2.24) is 5.32 Å². The molecule has 0 saturated carbocycles. The summed E-state index contributed by atoms with van der Waals surface area (Å²) in [5.74, 6) is 0.626. The fourth-order valence-electron chi connectivity index (χ4n) is 1.74. The maximum atomic E-state index is 11.3. The van der Waals surface area contributed by atoms with Gasteiger partial charge in [-0.25, -0.2) is 0 Å². The van der Waals surface area contributed by atoms with Gasteiger partial charge >= 0.3 is 0 Å². The Bertz CT molecular complexity index is 402. The van der Waals surface area contributed by atoms with Crippen LogP contribution in [0.25, 0.3) is 0 Å². The number of hydrogen-bond acceptors (Lipinski definition) is 3. The van der Waals surface area contributed by atoms with Crippen molar-refractivity contribution in [2.45, 2.75) is 26.8 Å². The van der Waals surface area contributed by atoms with Crippen LogP contribution in [0.4, 0.5) is 0 Å². The number of aryl methyl sites for hydroxylation is 2. The van der Waals surface area contributed by atoms with Crippen molar-refractivity contribution >= 4 is 5.91 Å². The smallest absolute Gasteiger partial charge is 0.222 e. The molecule has 0 aliphatic heterocycles. The Morgan fingerprint density at radius 1 is 1.41 bits per heavy atom. The highest BCUT2D eigenvalue weighted by atomic mass is 16.5. The first-order valence-electron chi connectivity index (χ1n) is 5.60. The van der Waals surface area contributed by atoms with Crippen LogP contribution in [0.2, 0.25) is 0 Å². The number of carbonyl (C=O) groups is 1. The van der Waals surface area contributed by atoms with E-state index in [-0.39, 0.29) is 18.9 Å². The Balaban J connectivity index is 2.79. The molecule has 94 valence electrons. The van der Waals surface area contributed by atoms with Crippen molar-refractivity contribution in [3.05, 3.63) is 28.8 Å². The van der Waals surface area contributed by atoms with Gasteiger partial charge in [-0.1, -0.05) is 6.07 Å². The van der Waals surface area contributed by atoms with Crippen LogP contribution in [0, 0.1) is 13.8 Å². The second-order valence-corrected chi connectivity index (χ2v) is 4.01. The summed E-state index contributed by atoms with van der Waals surface area (Å²) in [4.78, 5) is 11.3. The van der Waals surface area contributed by atoms with Gasteiger partial charge in [0, 0.05) is 18.5 Å². The maximum Gasteiger partial charge on any atom is 0.222 e. The van der Waals surface area contributed by atoms with Gasteiger partial charge < -0.3 is 15.2 Å². The number of aliphatic hydroxyl groups excluding tert-OH is 1. The van der Waals surface area contributed by atoms with E-state index in [0.717, 1.165) is 22.4 Å². The summed E-state index contributed by atoms with van der Waals surface area (Å²) in [6.07, 6.45) is 0.132. The molecule has 0 radical (unpaired) electrons. The van der Waals surface area contributed by atoms with Crippen LogP contribution >= 0.6 is 0 Å². The Morgan fingerprint density at radius 2 is 2.12 bits per heavy atom. The number of benzene rings is 1. The van der Waals surface area contributed by atoms with E-state index in [1.54, 1.807) is 7.11 Å². The van der Waals surface area contributed by atoms with Crippen LogP contribution in [0.15, 0.2) is 12.1 Å². The highest BCUT2D eigenvalue weighted by molar-refractivity contribution is 5.76.